The van der Waals surface area contributed by atoms with Crippen LogP contribution in [-0.4, -0.2) is 33.2 Å². The van der Waals surface area contributed by atoms with E-state index in [1.54, 1.807) is 11.0 Å². The van der Waals surface area contributed by atoms with Gasteiger partial charge in [0.05, 0.1) is 11.4 Å². The zero-order valence-electron chi connectivity index (χ0n) is 17.4. The minimum Gasteiger partial charge on any atom is -0.334 e. The molecule has 0 atom stereocenters. The molecule has 0 unspecified atom stereocenters. The lowest BCUT2D eigenvalue weighted by molar-refractivity contribution is -0.118. The van der Waals surface area contributed by atoms with Crippen molar-refractivity contribution in [1.82, 2.24) is 14.9 Å². The molecule has 0 fully saturated rings. The van der Waals surface area contributed by atoms with E-state index < -0.39 is 0 Å². The number of carbonyl (C=O) groups excluding carboxylic acids is 2. The predicted octanol–water partition coefficient (Wildman–Crippen LogP) is 4.59. The first-order chi connectivity index (χ1) is 14.9. The van der Waals surface area contributed by atoms with Crippen molar-refractivity contribution in [1.29, 1.82) is 0 Å². The van der Waals surface area contributed by atoms with Crippen LogP contribution in [0.3, 0.4) is 0 Å². The number of amides is 2. The molecular formula is C24H23ClN4O2. The molecule has 0 aliphatic carbocycles. The summed E-state index contributed by atoms with van der Waals surface area (Å²) in [5.74, 6) is -0.118. The maximum Gasteiger partial charge on any atom is 0.254 e. The van der Waals surface area contributed by atoms with Crippen molar-refractivity contribution in [2.45, 2.75) is 26.8 Å². The van der Waals surface area contributed by atoms with Crippen LogP contribution in [0.5, 0.6) is 0 Å². The summed E-state index contributed by atoms with van der Waals surface area (Å²) in [5, 5.41) is 3.35. The molecule has 2 heterocycles. The van der Waals surface area contributed by atoms with Gasteiger partial charge in [-0.05, 0) is 18.2 Å². The fourth-order valence-corrected chi connectivity index (χ4v) is 3.76. The van der Waals surface area contributed by atoms with Gasteiger partial charge in [-0.3, -0.25) is 14.9 Å². The molecular weight excluding hydrogens is 412 g/mol. The van der Waals surface area contributed by atoms with Crippen molar-refractivity contribution in [2.24, 2.45) is 5.92 Å². The van der Waals surface area contributed by atoms with Gasteiger partial charge in [-0.25, -0.2) is 9.97 Å². The predicted molar refractivity (Wildman–Crippen MR) is 121 cm³/mol. The van der Waals surface area contributed by atoms with E-state index in [2.05, 4.69) is 15.3 Å². The van der Waals surface area contributed by atoms with E-state index in [0.29, 0.717) is 35.8 Å². The van der Waals surface area contributed by atoms with E-state index in [9.17, 15) is 9.59 Å². The first kappa shape index (κ1) is 21.0. The van der Waals surface area contributed by atoms with E-state index >= 15 is 0 Å². The SMILES string of the molecule is CC(C)C(=O)Nc1nc2c(c(-c3ccccc3Cl)n1)CN(C(=O)c1ccccc1)CC2. The summed E-state index contributed by atoms with van der Waals surface area (Å²) in [6, 6.07) is 16.6. The van der Waals surface area contributed by atoms with E-state index in [1.807, 2.05) is 62.4 Å². The molecule has 0 saturated carbocycles. The van der Waals surface area contributed by atoms with Crippen molar-refractivity contribution < 1.29 is 9.59 Å². The molecule has 4 rings (SSSR count). The summed E-state index contributed by atoms with van der Waals surface area (Å²) in [4.78, 5) is 36.3. The second kappa shape index (κ2) is 8.86. The largest absolute Gasteiger partial charge is 0.334 e. The molecule has 0 saturated heterocycles. The van der Waals surface area contributed by atoms with Crippen LogP contribution < -0.4 is 5.32 Å². The Balaban J connectivity index is 1.75. The molecule has 1 aliphatic rings. The van der Waals surface area contributed by atoms with E-state index in [-0.39, 0.29) is 23.7 Å². The van der Waals surface area contributed by atoms with Gasteiger partial charge in [-0.2, -0.15) is 0 Å². The fourth-order valence-electron chi connectivity index (χ4n) is 3.54. The van der Waals surface area contributed by atoms with Gasteiger partial charge in [-0.1, -0.05) is 61.8 Å². The number of nitrogens with zero attached hydrogens (tertiary/aromatic N) is 3. The van der Waals surface area contributed by atoms with Crippen LogP contribution in [0.15, 0.2) is 54.6 Å². The Bertz CT molecular complexity index is 1130. The molecule has 7 heteroatoms. The Hall–Kier alpha value is -3.25. The number of rotatable bonds is 4. The number of hydrogen-bond donors (Lipinski definition) is 1. The van der Waals surface area contributed by atoms with Crippen LogP contribution in [0.4, 0.5) is 5.95 Å². The van der Waals surface area contributed by atoms with Crippen LogP contribution in [-0.2, 0) is 17.8 Å². The van der Waals surface area contributed by atoms with Gasteiger partial charge in [0, 0.05) is 47.1 Å². The third-order valence-corrected chi connectivity index (χ3v) is 5.59. The second-order valence-electron chi connectivity index (χ2n) is 7.79. The Morgan fingerprint density at radius 3 is 2.45 bits per heavy atom. The number of aromatic nitrogens is 2. The number of hydrogen-bond acceptors (Lipinski definition) is 4. The molecule has 0 radical (unpaired) electrons. The molecule has 31 heavy (non-hydrogen) atoms. The second-order valence-corrected chi connectivity index (χ2v) is 8.19. The van der Waals surface area contributed by atoms with E-state index in [4.69, 9.17) is 11.6 Å². The van der Waals surface area contributed by atoms with Crippen LogP contribution in [0.1, 0.15) is 35.5 Å². The fraction of sp³-hybridized carbons (Fsp3) is 0.250. The lowest BCUT2D eigenvalue weighted by Gasteiger charge is -2.30. The molecule has 3 aromatic rings. The summed E-state index contributed by atoms with van der Waals surface area (Å²) in [6.07, 6.45) is 0.568. The summed E-state index contributed by atoms with van der Waals surface area (Å²) in [7, 11) is 0. The Labute approximate surface area is 186 Å². The Kier molecular flexibility index (Phi) is 6.00. The number of benzene rings is 2. The quantitative estimate of drug-likeness (QED) is 0.651. The van der Waals surface area contributed by atoms with Gasteiger partial charge in [0.25, 0.3) is 5.91 Å². The number of fused-ring (bicyclic) bond motifs is 1. The third kappa shape index (κ3) is 4.44. The average molecular weight is 435 g/mol. The van der Waals surface area contributed by atoms with Gasteiger partial charge in [0.2, 0.25) is 11.9 Å². The zero-order chi connectivity index (χ0) is 22.0. The van der Waals surface area contributed by atoms with Crippen molar-refractivity contribution >= 4 is 29.4 Å². The average Bonchev–Trinajstić information content (AvgIpc) is 2.78. The summed E-state index contributed by atoms with van der Waals surface area (Å²) in [6.45, 7) is 4.55. The monoisotopic (exact) mass is 434 g/mol. The van der Waals surface area contributed by atoms with Gasteiger partial charge >= 0.3 is 0 Å². The highest BCUT2D eigenvalue weighted by atomic mass is 35.5. The maximum atomic E-state index is 13.0. The van der Waals surface area contributed by atoms with Gasteiger partial charge < -0.3 is 4.90 Å². The number of nitrogens with one attached hydrogen (secondary N) is 1. The van der Waals surface area contributed by atoms with Crippen molar-refractivity contribution in [3.63, 3.8) is 0 Å². The highest BCUT2D eigenvalue weighted by Crippen LogP contribution is 2.33. The number of anilines is 1. The van der Waals surface area contributed by atoms with Crippen LogP contribution in [0, 0.1) is 5.92 Å². The zero-order valence-corrected chi connectivity index (χ0v) is 18.2. The van der Waals surface area contributed by atoms with Crippen molar-refractivity contribution in [3.8, 4) is 11.3 Å². The van der Waals surface area contributed by atoms with Crippen LogP contribution in [0.25, 0.3) is 11.3 Å². The topological polar surface area (TPSA) is 75.2 Å². The highest BCUT2D eigenvalue weighted by Gasteiger charge is 2.27. The van der Waals surface area contributed by atoms with Crippen LogP contribution in [0.2, 0.25) is 5.02 Å². The molecule has 1 N–H and O–H groups in total. The highest BCUT2D eigenvalue weighted by molar-refractivity contribution is 6.33. The summed E-state index contributed by atoms with van der Waals surface area (Å²) in [5.41, 5.74) is 3.70. The van der Waals surface area contributed by atoms with Crippen LogP contribution >= 0.6 is 11.6 Å². The third-order valence-electron chi connectivity index (χ3n) is 5.26. The van der Waals surface area contributed by atoms with E-state index in [1.165, 1.54) is 0 Å². The lowest BCUT2D eigenvalue weighted by atomic mass is 9.98. The molecule has 0 bridgehead atoms. The minimum atomic E-state index is -0.192. The standard InChI is InChI=1S/C24H23ClN4O2/c1-15(2)22(30)28-24-26-20-12-13-29(23(31)16-8-4-3-5-9-16)14-18(20)21(27-24)17-10-6-7-11-19(17)25/h3-11,15H,12-14H2,1-2H3,(H,26,27,28,30). The minimum absolute atomic E-state index is 0.0338. The molecule has 1 aliphatic heterocycles. The maximum absolute atomic E-state index is 13.0. The van der Waals surface area contributed by atoms with E-state index in [0.717, 1.165) is 16.8 Å². The smallest absolute Gasteiger partial charge is 0.254 e. The Morgan fingerprint density at radius 2 is 1.74 bits per heavy atom. The van der Waals surface area contributed by atoms with Crippen molar-refractivity contribution in [2.75, 3.05) is 11.9 Å². The number of carbonyl (C=O) groups is 2. The first-order valence-corrected chi connectivity index (χ1v) is 10.6. The first-order valence-electron chi connectivity index (χ1n) is 10.2. The summed E-state index contributed by atoms with van der Waals surface area (Å²) < 4.78 is 0. The lowest BCUT2D eigenvalue weighted by Crippen LogP contribution is -2.37. The van der Waals surface area contributed by atoms with Gasteiger partial charge in [0.15, 0.2) is 0 Å². The molecule has 0 spiro atoms. The molecule has 1 aromatic heterocycles. The van der Waals surface area contributed by atoms with Crippen molar-refractivity contribution in [3.05, 3.63) is 76.4 Å². The number of halogens is 1. The molecule has 2 amide bonds. The van der Waals surface area contributed by atoms with Gasteiger partial charge in [-0.15, -0.1) is 0 Å². The summed E-state index contributed by atoms with van der Waals surface area (Å²) >= 11 is 6.48. The van der Waals surface area contributed by atoms with Gasteiger partial charge in [0.1, 0.15) is 0 Å². The molecule has 2 aromatic carbocycles. The normalized spacial score (nSPS) is 13.1. The Morgan fingerprint density at radius 1 is 1.03 bits per heavy atom. The molecule has 6 nitrogen and oxygen atoms in total. The molecule has 158 valence electrons.